The topological polar surface area (TPSA) is 88.9 Å². The molecule has 30 heavy (non-hydrogen) atoms. The number of aromatic nitrogens is 3. The van der Waals surface area contributed by atoms with E-state index in [9.17, 15) is 9.59 Å². The highest BCUT2D eigenvalue weighted by molar-refractivity contribution is 7.99. The Balaban J connectivity index is 1.86. The van der Waals surface area contributed by atoms with Gasteiger partial charge in [0.15, 0.2) is 11.0 Å². The largest absolute Gasteiger partial charge is 0.336 e. The summed E-state index contributed by atoms with van der Waals surface area (Å²) in [5.41, 5.74) is 2.81. The lowest BCUT2D eigenvalue weighted by Crippen LogP contribution is -2.43. The molecular formula is C21H22ClN5O2S. The third-order valence-corrected chi connectivity index (χ3v) is 5.18. The molecule has 7 nitrogen and oxygen atoms in total. The second-order valence-corrected chi connectivity index (χ2v) is 8.33. The van der Waals surface area contributed by atoms with E-state index in [4.69, 9.17) is 11.6 Å². The van der Waals surface area contributed by atoms with Crippen molar-refractivity contribution < 1.29 is 9.59 Å². The molecule has 3 rings (SSSR count). The zero-order chi connectivity index (χ0) is 21.7. The number of nitrogens with zero attached hydrogens (tertiary/aromatic N) is 3. The number of rotatable bonds is 6. The Morgan fingerprint density at radius 2 is 1.87 bits per heavy atom. The molecule has 0 unspecified atom stereocenters. The van der Waals surface area contributed by atoms with Crippen molar-refractivity contribution in [3.05, 3.63) is 59.1 Å². The summed E-state index contributed by atoms with van der Waals surface area (Å²) in [5, 5.41) is 14.7. The number of carbonyl (C=O) groups is 2. The zero-order valence-electron chi connectivity index (χ0n) is 16.8. The fourth-order valence-electron chi connectivity index (χ4n) is 2.74. The highest BCUT2D eigenvalue weighted by Crippen LogP contribution is 2.29. The summed E-state index contributed by atoms with van der Waals surface area (Å²) in [6.45, 7) is 5.65. The van der Waals surface area contributed by atoms with E-state index in [-0.39, 0.29) is 11.8 Å². The van der Waals surface area contributed by atoms with Crippen molar-refractivity contribution in [2.24, 2.45) is 0 Å². The summed E-state index contributed by atoms with van der Waals surface area (Å²) >= 11 is 7.22. The second-order valence-electron chi connectivity index (χ2n) is 6.95. The molecule has 3 amide bonds. The molecule has 1 aromatic heterocycles. The average molecular weight is 444 g/mol. The van der Waals surface area contributed by atoms with Gasteiger partial charge in [-0.2, -0.15) is 0 Å². The lowest BCUT2D eigenvalue weighted by atomic mass is 10.2. The first-order valence-electron chi connectivity index (χ1n) is 9.35. The maximum atomic E-state index is 12.2. The molecule has 2 N–H and O–H groups in total. The van der Waals surface area contributed by atoms with Gasteiger partial charge < -0.3 is 5.32 Å². The molecular weight excluding hydrogens is 422 g/mol. The number of halogens is 1. The molecule has 0 radical (unpaired) electrons. The SMILES string of the molecule is Cc1cccc(-n2c(SCC(=O)NC(=O)NC(C)C)nnc2-c2ccc(Cl)cc2)c1. The number of hydrogen-bond acceptors (Lipinski definition) is 5. The lowest BCUT2D eigenvalue weighted by Gasteiger charge is -2.12. The summed E-state index contributed by atoms with van der Waals surface area (Å²) in [6.07, 6.45) is 0. The van der Waals surface area contributed by atoms with Crippen LogP contribution < -0.4 is 10.6 Å². The van der Waals surface area contributed by atoms with Gasteiger partial charge in [0.25, 0.3) is 0 Å². The summed E-state index contributed by atoms with van der Waals surface area (Å²) < 4.78 is 1.89. The minimum absolute atomic E-state index is 0.0239. The maximum absolute atomic E-state index is 12.2. The van der Waals surface area contributed by atoms with Crippen LogP contribution in [-0.2, 0) is 4.79 Å². The number of nitrogens with one attached hydrogen (secondary N) is 2. The molecule has 0 aliphatic rings. The van der Waals surface area contributed by atoms with Crippen molar-refractivity contribution in [3.63, 3.8) is 0 Å². The van der Waals surface area contributed by atoms with Crippen molar-refractivity contribution in [2.75, 3.05) is 5.75 Å². The average Bonchev–Trinajstić information content (AvgIpc) is 3.10. The van der Waals surface area contributed by atoms with Crippen LogP contribution in [0.15, 0.2) is 53.7 Å². The summed E-state index contributed by atoms with van der Waals surface area (Å²) in [4.78, 5) is 23.9. The Morgan fingerprint density at radius 1 is 1.13 bits per heavy atom. The second kappa shape index (κ2) is 9.77. The lowest BCUT2D eigenvalue weighted by molar-refractivity contribution is -0.117. The normalized spacial score (nSPS) is 10.8. The minimum Gasteiger partial charge on any atom is -0.336 e. The van der Waals surface area contributed by atoms with E-state index < -0.39 is 11.9 Å². The number of hydrogen-bond donors (Lipinski definition) is 2. The molecule has 0 atom stereocenters. The molecule has 0 fully saturated rings. The van der Waals surface area contributed by atoms with Gasteiger partial charge in [-0.1, -0.05) is 35.5 Å². The van der Waals surface area contributed by atoms with Gasteiger partial charge >= 0.3 is 6.03 Å². The number of amides is 3. The molecule has 0 bridgehead atoms. The Labute approximate surface area is 184 Å². The fourth-order valence-corrected chi connectivity index (χ4v) is 3.62. The van der Waals surface area contributed by atoms with E-state index >= 15 is 0 Å². The van der Waals surface area contributed by atoms with Crippen LogP contribution in [0, 0.1) is 6.92 Å². The van der Waals surface area contributed by atoms with Gasteiger partial charge in [-0.3, -0.25) is 14.7 Å². The van der Waals surface area contributed by atoms with E-state index in [1.165, 1.54) is 11.8 Å². The quantitative estimate of drug-likeness (QED) is 0.557. The molecule has 1 heterocycles. The maximum Gasteiger partial charge on any atom is 0.321 e. The van der Waals surface area contributed by atoms with E-state index in [1.807, 2.05) is 61.7 Å². The van der Waals surface area contributed by atoms with Crippen molar-refractivity contribution >= 4 is 35.3 Å². The molecule has 0 saturated carbocycles. The van der Waals surface area contributed by atoms with Gasteiger partial charge in [-0.25, -0.2) is 4.79 Å². The van der Waals surface area contributed by atoms with Crippen molar-refractivity contribution in [1.29, 1.82) is 0 Å². The van der Waals surface area contributed by atoms with Crippen molar-refractivity contribution in [1.82, 2.24) is 25.4 Å². The van der Waals surface area contributed by atoms with Gasteiger partial charge in [-0.05, 0) is 62.7 Å². The van der Waals surface area contributed by atoms with Gasteiger partial charge in [0.05, 0.1) is 5.75 Å². The molecule has 3 aromatic rings. The molecule has 0 saturated heterocycles. The smallest absolute Gasteiger partial charge is 0.321 e. The Hall–Kier alpha value is -2.84. The number of urea groups is 1. The molecule has 0 aliphatic carbocycles. The van der Waals surface area contributed by atoms with Crippen LogP contribution in [0.2, 0.25) is 5.02 Å². The number of thioether (sulfide) groups is 1. The monoisotopic (exact) mass is 443 g/mol. The molecule has 9 heteroatoms. The van der Waals surface area contributed by atoms with E-state index in [1.54, 1.807) is 12.1 Å². The number of aryl methyl sites for hydroxylation is 1. The zero-order valence-corrected chi connectivity index (χ0v) is 18.4. The van der Waals surface area contributed by atoms with E-state index in [0.717, 1.165) is 16.8 Å². The first kappa shape index (κ1) is 21.9. The Kier molecular flexibility index (Phi) is 7.12. The standard InChI is InChI=1S/C21H22ClN5O2S/c1-13(2)23-20(29)24-18(28)12-30-21-26-25-19(15-7-9-16(22)10-8-15)27(21)17-6-4-5-14(3)11-17/h4-11,13H,12H2,1-3H3,(H2,23,24,28,29). The van der Waals surface area contributed by atoms with Gasteiger partial charge in [0, 0.05) is 22.3 Å². The van der Waals surface area contributed by atoms with Gasteiger partial charge in [-0.15, -0.1) is 10.2 Å². The van der Waals surface area contributed by atoms with Crippen LogP contribution >= 0.6 is 23.4 Å². The molecule has 2 aromatic carbocycles. The number of carbonyl (C=O) groups excluding carboxylic acids is 2. The first-order chi connectivity index (χ1) is 14.3. The molecule has 156 valence electrons. The molecule has 0 aliphatic heterocycles. The Morgan fingerprint density at radius 3 is 2.53 bits per heavy atom. The van der Waals surface area contributed by atoms with Crippen LogP contribution in [-0.4, -0.2) is 38.5 Å². The van der Waals surface area contributed by atoms with E-state index in [0.29, 0.717) is 16.0 Å². The van der Waals surface area contributed by atoms with Crippen LogP contribution in [0.1, 0.15) is 19.4 Å². The van der Waals surface area contributed by atoms with Crippen molar-refractivity contribution in [2.45, 2.75) is 32.0 Å². The number of imide groups is 1. The van der Waals surface area contributed by atoms with Crippen LogP contribution in [0.3, 0.4) is 0 Å². The third-order valence-electron chi connectivity index (χ3n) is 4.00. The number of benzene rings is 2. The molecule has 0 spiro atoms. The summed E-state index contributed by atoms with van der Waals surface area (Å²) in [7, 11) is 0. The van der Waals surface area contributed by atoms with Gasteiger partial charge in [0.1, 0.15) is 0 Å². The highest BCUT2D eigenvalue weighted by Gasteiger charge is 2.18. The predicted molar refractivity (Wildman–Crippen MR) is 119 cm³/mol. The highest BCUT2D eigenvalue weighted by atomic mass is 35.5. The van der Waals surface area contributed by atoms with Crippen molar-refractivity contribution in [3.8, 4) is 17.1 Å². The predicted octanol–water partition coefficient (Wildman–Crippen LogP) is 4.22. The third kappa shape index (κ3) is 5.61. The van der Waals surface area contributed by atoms with Crippen LogP contribution in [0.25, 0.3) is 17.1 Å². The van der Waals surface area contributed by atoms with Crippen LogP contribution in [0.5, 0.6) is 0 Å². The fraction of sp³-hybridized carbons (Fsp3) is 0.238. The minimum atomic E-state index is -0.516. The first-order valence-corrected chi connectivity index (χ1v) is 10.7. The summed E-state index contributed by atoms with van der Waals surface area (Å²) in [6, 6.07) is 14.7. The van der Waals surface area contributed by atoms with Crippen LogP contribution in [0.4, 0.5) is 4.79 Å². The van der Waals surface area contributed by atoms with E-state index in [2.05, 4.69) is 20.8 Å². The van der Waals surface area contributed by atoms with Gasteiger partial charge in [0.2, 0.25) is 5.91 Å². The summed E-state index contributed by atoms with van der Waals surface area (Å²) in [5.74, 6) is 0.249. The Bertz CT molecular complexity index is 1050.